The van der Waals surface area contributed by atoms with Crippen LogP contribution in [-0.4, -0.2) is 27.7 Å². The summed E-state index contributed by atoms with van der Waals surface area (Å²) in [5.41, 5.74) is 0. The summed E-state index contributed by atoms with van der Waals surface area (Å²) in [5.74, 6) is 0.714. The van der Waals surface area contributed by atoms with Crippen LogP contribution in [0.25, 0.3) is 0 Å². The first kappa shape index (κ1) is 17.4. The molecule has 0 aliphatic carbocycles. The molecule has 4 heteroatoms. The second kappa shape index (κ2) is 11.5. The van der Waals surface area contributed by atoms with E-state index in [1.807, 2.05) is 0 Å². The molecule has 0 heterocycles. The Balaban J connectivity index is 4.39. The van der Waals surface area contributed by atoms with Gasteiger partial charge in [-0.3, -0.25) is 0 Å². The molecular weight excluding hydrogens is 252 g/mol. The van der Waals surface area contributed by atoms with Crippen LogP contribution < -0.4 is 0 Å². The molecule has 0 aromatic heterocycles. The third kappa shape index (κ3) is 8.19. The first-order valence-electron chi connectivity index (χ1n) is 7.08. The Morgan fingerprint density at radius 1 is 0.824 bits per heavy atom. The largest absolute Gasteiger partial charge is 0.394 e. The third-order valence-corrected chi connectivity index (χ3v) is 6.70. The summed E-state index contributed by atoms with van der Waals surface area (Å²) in [5, 5.41) is 0. The third-order valence-electron chi connectivity index (χ3n) is 2.74. The molecule has 0 bridgehead atoms. The predicted octanol–water partition coefficient (Wildman–Crippen LogP) is 4.71. The van der Waals surface area contributed by atoms with Gasteiger partial charge in [0.25, 0.3) is 0 Å². The van der Waals surface area contributed by atoms with E-state index in [-0.39, 0.29) is 0 Å². The topological polar surface area (TPSA) is 18.5 Å². The summed E-state index contributed by atoms with van der Waals surface area (Å²) in [6.45, 7) is 8.20. The molecule has 0 saturated heterocycles. The van der Waals surface area contributed by atoms with Gasteiger partial charge in [0.2, 0.25) is 0 Å². The van der Waals surface area contributed by atoms with Gasteiger partial charge in [-0.1, -0.05) is 33.6 Å². The van der Waals surface area contributed by atoms with Crippen LogP contribution in [0.15, 0.2) is 0 Å². The number of unbranched alkanes of at least 4 members (excludes halogenated alkanes) is 1. The van der Waals surface area contributed by atoms with Gasteiger partial charge in [0.1, 0.15) is 0 Å². The fourth-order valence-electron chi connectivity index (χ4n) is 1.81. The molecule has 2 nitrogen and oxygen atoms in total. The fourth-order valence-corrected chi connectivity index (χ4v) is 5.84. The lowest BCUT2D eigenvalue weighted by Crippen LogP contribution is -2.42. The SMILES string of the molecule is CCCC[Si](CCCCl)(OCCC)OCCC. The van der Waals surface area contributed by atoms with Gasteiger partial charge in [-0.05, 0) is 31.4 Å². The first-order valence-corrected chi connectivity index (χ1v) is 9.85. The van der Waals surface area contributed by atoms with E-state index in [0.29, 0.717) is 5.88 Å². The lowest BCUT2D eigenvalue weighted by Gasteiger charge is -2.30. The normalized spacial score (nSPS) is 12.0. The number of rotatable bonds is 12. The quantitative estimate of drug-likeness (QED) is 0.381. The zero-order valence-electron chi connectivity index (χ0n) is 11.8. The zero-order chi connectivity index (χ0) is 13.0. The molecular formula is C13H29ClO2Si. The Labute approximate surface area is 113 Å². The molecule has 0 aliphatic heterocycles. The van der Waals surface area contributed by atoms with Crippen molar-refractivity contribution in [1.82, 2.24) is 0 Å². The summed E-state index contributed by atoms with van der Waals surface area (Å²) in [7, 11) is -1.96. The standard InChI is InChI=1S/C13H29ClO2Si/c1-4-7-12-17(13-8-9-14,15-10-5-2)16-11-6-3/h4-13H2,1-3H3. The minimum atomic E-state index is -1.96. The molecule has 0 rings (SSSR count). The Morgan fingerprint density at radius 3 is 1.76 bits per heavy atom. The predicted molar refractivity (Wildman–Crippen MR) is 78.1 cm³/mol. The van der Waals surface area contributed by atoms with E-state index in [1.54, 1.807) is 0 Å². The second-order valence-electron chi connectivity index (χ2n) is 4.50. The fraction of sp³-hybridized carbons (Fsp3) is 1.00. The molecule has 0 saturated carbocycles. The highest BCUT2D eigenvalue weighted by Gasteiger charge is 2.35. The molecule has 0 fully saturated rings. The molecule has 0 radical (unpaired) electrons. The van der Waals surface area contributed by atoms with Crippen molar-refractivity contribution in [2.24, 2.45) is 0 Å². The maximum Gasteiger partial charge on any atom is 0.338 e. The summed E-state index contributed by atoms with van der Waals surface area (Å²) in [6, 6.07) is 2.18. The molecule has 0 amide bonds. The lowest BCUT2D eigenvalue weighted by atomic mass is 10.4. The smallest absolute Gasteiger partial charge is 0.338 e. The molecule has 0 spiro atoms. The van der Waals surface area contributed by atoms with E-state index in [9.17, 15) is 0 Å². The molecule has 104 valence electrons. The van der Waals surface area contributed by atoms with Crippen molar-refractivity contribution in [2.75, 3.05) is 19.1 Å². The Kier molecular flexibility index (Phi) is 11.8. The highest BCUT2D eigenvalue weighted by atomic mass is 35.5. The Bertz CT molecular complexity index is 130. The van der Waals surface area contributed by atoms with Crippen molar-refractivity contribution in [1.29, 1.82) is 0 Å². The molecule has 0 unspecified atom stereocenters. The maximum atomic E-state index is 6.14. The van der Waals surface area contributed by atoms with E-state index in [0.717, 1.165) is 44.6 Å². The van der Waals surface area contributed by atoms with Gasteiger partial charge in [-0.15, -0.1) is 11.6 Å². The van der Waals surface area contributed by atoms with Crippen molar-refractivity contribution >= 4 is 20.2 Å². The highest BCUT2D eigenvalue weighted by molar-refractivity contribution is 6.67. The lowest BCUT2D eigenvalue weighted by molar-refractivity contribution is 0.166. The summed E-state index contributed by atoms with van der Waals surface area (Å²) in [6.07, 6.45) is 5.57. The zero-order valence-corrected chi connectivity index (χ0v) is 13.5. The van der Waals surface area contributed by atoms with Crippen LogP contribution in [0, 0.1) is 0 Å². The van der Waals surface area contributed by atoms with Crippen LogP contribution in [0.4, 0.5) is 0 Å². The van der Waals surface area contributed by atoms with Crippen molar-refractivity contribution < 1.29 is 8.85 Å². The second-order valence-corrected chi connectivity index (χ2v) is 8.28. The molecule has 0 atom stereocenters. The van der Waals surface area contributed by atoms with Crippen molar-refractivity contribution in [3.63, 3.8) is 0 Å². The molecule has 0 N–H and O–H groups in total. The Hall–Kier alpha value is 0.427. The summed E-state index contributed by atoms with van der Waals surface area (Å²) >= 11 is 5.82. The van der Waals surface area contributed by atoms with Gasteiger partial charge >= 0.3 is 8.56 Å². The first-order chi connectivity index (χ1) is 8.24. The molecule has 0 aromatic rings. The minimum Gasteiger partial charge on any atom is -0.394 e. The van der Waals surface area contributed by atoms with Crippen molar-refractivity contribution in [3.8, 4) is 0 Å². The highest BCUT2D eigenvalue weighted by Crippen LogP contribution is 2.24. The number of hydrogen-bond acceptors (Lipinski definition) is 2. The van der Waals surface area contributed by atoms with Gasteiger partial charge in [0.15, 0.2) is 0 Å². The number of halogens is 1. The van der Waals surface area contributed by atoms with E-state index >= 15 is 0 Å². The molecule has 0 aliphatic rings. The van der Waals surface area contributed by atoms with Crippen molar-refractivity contribution in [2.45, 2.75) is 65.0 Å². The molecule has 17 heavy (non-hydrogen) atoms. The van der Waals surface area contributed by atoms with Crippen LogP contribution in [0.1, 0.15) is 52.9 Å². The van der Waals surface area contributed by atoms with Gasteiger partial charge < -0.3 is 8.85 Å². The van der Waals surface area contributed by atoms with Crippen LogP contribution in [0.3, 0.4) is 0 Å². The van der Waals surface area contributed by atoms with E-state index in [2.05, 4.69) is 20.8 Å². The van der Waals surface area contributed by atoms with Gasteiger partial charge in [0, 0.05) is 19.1 Å². The van der Waals surface area contributed by atoms with Crippen LogP contribution >= 0.6 is 11.6 Å². The monoisotopic (exact) mass is 280 g/mol. The van der Waals surface area contributed by atoms with E-state index in [1.165, 1.54) is 12.8 Å². The average Bonchev–Trinajstić information content (AvgIpc) is 2.37. The van der Waals surface area contributed by atoms with Gasteiger partial charge in [-0.25, -0.2) is 0 Å². The molecule has 0 aromatic carbocycles. The van der Waals surface area contributed by atoms with Crippen LogP contribution in [0.5, 0.6) is 0 Å². The van der Waals surface area contributed by atoms with Crippen LogP contribution in [-0.2, 0) is 8.85 Å². The van der Waals surface area contributed by atoms with Crippen LogP contribution in [0.2, 0.25) is 12.1 Å². The number of hydrogen-bond donors (Lipinski definition) is 0. The Morgan fingerprint density at radius 2 is 1.35 bits per heavy atom. The van der Waals surface area contributed by atoms with Gasteiger partial charge in [0.05, 0.1) is 0 Å². The maximum absolute atomic E-state index is 6.14. The number of alkyl halides is 1. The minimum absolute atomic E-state index is 0.714. The summed E-state index contributed by atoms with van der Waals surface area (Å²) < 4.78 is 12.3. The van der Waals surface area contributed by atoms with E-state index < -0.39 is 8.56 Å². The van der Waals surface area contributed by atoms with Crippen molar-refractivity contribution in [3.05, 3.63) is 0 Å². The average molecular weight is 281 g/mol. The van der Waals surface area contributed by atoms with Gasteiger partial charge in [-0.2, -0.15) is 0 Å². The van der Waals surface area contributed by atoms with E-state index in [4.69, 9.17) is 20.5 Å². The summed E-state index contributed by atoms with van der Waals surface area (Å²) in [4.78, 5) is 0.